The van der Waals surface area contributed by atoms with E-state index in [9.17, 15) is 24.5 Å². The molecule has 0 saturated carbocycles. The van der Waals surface area contributed by atoms with E-state index in [2.05, 4.69) is 5.32 Å². The van der Waals surface area contributed by atoms with E-state index in [0.29, 0.717) is 15.6 Å². The molecule has 166 valence electrons. The Balaban J connectivity index is 1.78. The van der Waals surface area contributed by atoms with Gasteiger partial charge in [0.15, 0.2) is 5.78 Å². The van der Waals surface area contributed by atoms with Gasteiger partial charge in [-0.2, -0.15) is 0 Å². The standard InChI is InChI=1S/C23H15Cl2N3O5/c24-15-5-1-14(2-6-15)21(29)19-20(13-3-9-18(10-4-13)28(32)33)26-23(31)27(22(19)30)17-11-7-16(25)8-12-17/h1-12,19-20H,(H,26,31)/t19-,20+/m0/s1. The fourth-order valence-electron chi connectivity index (χ4n) is 3.63. The van der Waals surface area contributed by atoms with Gasteiger partial charge in [-0.25, -0.2) is 9.69 Å². The SMILES string of the molecule is O=C(c1ccc(Cl)cc1)[C@H]1C(=O)N(c2ccc(Cl)cc2)C(=O)N[C@@H]1c1ccc([N+](=O)[O-])cc1. The van der Waals surface area contributed by atoms with Crippen molar-refractivity contribution in [2.24, 2.45) is 5.92 Å². The summed E-state index contributed by atoms with van der Waals surface area (Å²) < 4.78 is 0. The molecular formula is C23H15Cl2N3O5. The van der Waals surface area contributed by atoms with E-state index in [4.69, 9.17) is 23.2 Å². The van der Waals surface area contributed by atoms with E-state index in [-0.39, 0.29) is 16.9 Å². The van der Waals surface area contributed by atoms with Crippen LogP contribution in [0, 0.1) is 16.0 Å². The average molecular weight is 484 g/mol. The third kappa shape index (κ3) is 4.44. The number of nitro groups is 1. The van der Waals surface area contributed by atoms with Gasteiger partial charge in [0.2, 0.25) is 5.91 Å². The number of nitrogens with zero attached hydrogens (tertiary/aromatic N) is 2. The minimum Gasteiger partial charge on any atom is -0.329 e. The number of halogens is 2. The third-order valence-electron chi connectivity index (χ3n) is 5.26. The number of hydrogen-bond acceptors (Lipinski definition) is 5. The van der Waals surface area contributed by atoms with Gasteiger partial charge in [0.05, 0.1) is 16.7 Å². The fourth-order valence-corrected chi connectivity index (χ4v) is 3.89. The summed E-state index contributed by atoms with van der Waals surface area (Å²) in [4.78, 5) is 51.2. The second-order valence-electron chi connectivity index (χ2n) is 7.27. The maximum absolute atomic E-state index is 13.5. The van der Waals surface area contributed by atoms with Crippen molar-refractivity contribution < 1.29 is 19.3 Å². The number of hydrogen-bond donors (Lipinski definition) is 1. The Morgan fingerprint density at radius 2 is 1.42 bits per heavy atom. The topological polar surface area (TPSA) is 110 Å². The van der Waals surface area contributed by atoms with Gasteiger partial charge < -0.3 is 5.32 Å². The monoisotopic (exact) mass is 483 g/mol. The summed E-state index contributed by atoms with van der Waals surface area (Å²) >= 11 is 11.8. The van der Waals surface area contributed by atoms with Crippen molar-refractivity contribution in [2.75, 3.05) is 4.90 Å². The van der Waals surface area contributed by atoms with Gasteiger partial charge in [-0.3, -0.25) is 19.7 Å². The first-order chi connectivity index (χ1) is 15.8. The smallest absolute Gasteiger partial charge is 0.329 e. The second kappa shape index (κ2) is 9.01. The highest BCUT2D eigenvalue weighted by atomic mass is 35.5. The molecule has 8 nitrogen and oxygen atoms in total. The molecule has 3 aromatic carbocycles. The third-order valence-corrected chi connectivity index (χ3v) is 5.76. The van der Waals surface area contributed by atoms with Crippen molar-refractivity contribution in [3.63, 3.8) is 0 Å². The van der Waals surface area contributed by atoms with Gasteiger partial charge in [0, 0.05) is 27.7 Å². The van der Waals surface area contributed by atoms with Crippen LogP contribution in [0.1, 0.15) is 22.0 Å². The van der Waals surface area contributed by atoms with Crippen LogP contribution < -0.4 is 10.2 Å². The van der Waals surface area contributed by atoms with Crippen molar-refractivity contribution in [1.29, 1.82) is 0 Å². The van der Waals surface area contributed by atoms with Crippen LogP contribution in [0.5, 0.6) is 0 Å². The number of nitro benzene ring substituents is 1. The lowest BCUT2D eigenvalue weighted by Crippen LogP contribution is -2.58. The van der Waals surface area contributed by atoms with Crippen molar-refractivity contribution in [2.45, 2.75) is 6.04 Å². The van der Waals surface area contributed by atoms with E-state index < -0.39 is 34.6 Å². The van der Waals surface area contributed by atoms with Crippen LogP contribution in [0.2, 0.25) is 10.0 Å². The molecule has 4 rings (SSSR count). The van der Waals surface area contributed by atoms with Crippen molar-refractivity contribution >= 4 is 52.3 Å². The number of Topliss-reactive ketones (excluding diaryl/α,β-unsaturated/α-hetero) is 1. The molecule has 3 aromatic rings. The lowest BCUT2D eigenvalue weighted by molar-refractivity contribution is -0.384. The summed E-state index contributed by atoms with van der Waals surface area (Å²) in [5.74, 6) is -2.58. The van der Waals surface area contributed by atoms with Crippen molar-refractivity contribution in [3.05, 3.63) is 104 Å². The fraction of sp³-hybridized carbons (Fsp3) is 0.0870. The number of benzene rings is 3. The van der Waals surface area contributed by atoms with E-state index in [1.165, 1.54) is 72.8 Å². The summed E-state index contributed by atoms with van der Waals surface area (Å²) in [6, 6.07) is 15.6. The molecule has 33 heavy (non-hydrogen) atoms. The predicted octanol–water partition coefficient (Wildman–Crippen LogP) is 5.20. The molecule has 0 bridgehead atoms. The number of rotatable bonds is 5. The number of anilines is 1. The molecule has 1 saturated heterocycles. The Kier molecular flexibility index (Phi) is 6.13. The number of nitrogens with one attached hydrogen (secondary N) is 1. The summed E-state index contributed by atoms with van der Waals surface area (Å²) in [7, 11) is 0. The number of amides is 3. The molecule has 1 fully saturated rings. The van der Waals surface area contributed by atoms with Crippen molar-refractivity contribution in [1.82, 2.24) is 5.32 Å². The molecule has 2 atom stereocenters. The molecule has 1 aliphatic rings. The number of carbonyl (C=O) groups excluding carboxylic acids is 3. The first-order valence-corrected chi connectivity index (χ1v) is 10.5. The lowest BCUT2D eigenvalue weighted by Gasteiger charge is -2.37. The number of urea groups is 1. The van der Waals surface area contributed by atoms with Gasteiger partial charge in [-0.05, 0) is 54.1 Å². The molecule has 1 N–H and O–H groups in total. The Labute approximate surface area is 197 Å². The Morgan fingerprint density at radius 1 is 0.879 bits per heavy atom. The van der Waals surface area contributed by atoms with Crippen LogP contribution in [0.3, 0.4) is 0 Å². The molecule has 0 aromatic heterocycles. The average Bonchev–Trinajstić information content (AvgIpc) is 2.80. The Bertz CT molecular complexity index is 1240. The maximum Gasteiger partial charge on any atom is 0.329 e. The highest BCUT2D eigenvalue weighted by Gasteiger charge is 2.46. The van der Waals surface area contributed by atoms with E-state index in [1.807, 2.05) is 0 Å². The van der Waals surface area contributed by atoms with Crippen LogP contribution in [0.25, 0.3) is 0 Å². The molecule has 3 amide bonds. The van der Waals surface area contributed by atoms with Gasteiger partial charge in [-0.1, -0.05) is 35.3 Å². The van der Waals surface area contributed by atoms with E-state index >= 15 is 0 Å². The number of imide groups is 1. The first-order valence-electron chi connectivity index (χ1n) is 9.70. The minimum absolute atomic E-state index is 0.157. The van der Waals surface area contributed by atoms with Gasteiger partial charge >= 0.3 is 6.03 Å². The van der Waals surface area contributed by atoms with E-state index in [1.54, 1.807) is 0 Å². The second-order valence-corrected chi connectivity index (χ2v) is 8.15. The zero-order valence-corrected chi connectivity index (χ0v) is 18.3. The molecule has 0 aliphatic carbocycles. The number of ketones is 1. The summed E-state index contributed by atoms with van der Waals surface area (Å²) in [5.41, 5.74) is 0.704. The van der Waals surface area contributed by atoms with Gasteiger partial charge in [0.25, 0.3) is 5.69 Å². The highest BCUT2D eigenvalue weighted by molar-refractivity contribution is 6.31. The largest absolute Gasteiger partial charge is 0.329 e. The van der Waals surface area contributed by atoms with Crippen LogP contribution in [-0.4, -0.2) is 22.6 Å². The molecule has 0 spiro atoms. The number of non-ortho nitro benzene ring substituents is 1. The normalized spacial score (nSPS) is 18.1. The van der Waals surface area contributed by atoms with Crippen LogP contribution in [0.15, 0.2) is 72.8 Å². The van der Waals surface area contributed by atoms with Crippen LogP contribution in [-0.2, 0) is 4.79 Å². The van der Waals surface area contributed by atoms with Gasteiger partial charge in [-0.15, -0.1) is 0 Å². The van der Waals surface area contributed by atoms with Crippen molar-refractivity contribution in [3.8, 4) is 0 Å². The first kappa shape index (κ1) is 22.4. The highest BCUT2D eigenvalue weighted by Crippen LogP contribution is 2.34. The molecule has 0 unspecified atom stereocenters. The molecule has 1 heterocycles. The molecule has 1 aliphatic heterocycles. The van der Waals surface area contributed by atoms with E-state index in [0.717, 1.165) is 4.90 Å². The summed E-state index contributed by atoms with van der Waals surface area (Å²) in [6.45, 7) is 0. The van der Waals surface area contributed by atoms with Crippen LogP contribution in [0.4, 0.5) is 16.2 Å². The summed E-state index contributed by atoms with van der Waals surface area (Å²) in [5, 5.41) is 14.5. The Morgan fingerprint density at radius 3 is 1.97 bits per heavy atom. The lowest BCUT2D eigenvalue weighted by atomic mass is 9.84. The summed E-state index contributed by atoms with van der Waals surface area (Å²) in [6.07, 6.45) is 0. The van der Waals surface area contributed by atoms with Gasteiger partial charge in [0.1, 0.15) is 5.92 Å². The molecule has 10 heteroatoms. The zero-order valence-electron chi connectivity index (χ0n) is 16.8. The van der Waals surface area contributed by atoms with Crippen LogP contribution >= 0.6 is 23.2 Å². The molecule has 0 radical (unpaired) electrons. The maximum atomic E-state index is 13.5. The number of carbonyl (C=O) groups is 3. The Hall–Kier alpha value is -3.75. The zero-order chi connectivity index (χ0) is 23.7. The quantitative estimate of drug-likeness (QED) is 0.232. The predicted molar refractivity (Wildman–Crippen MR) is 123 cm³/mol. The molecular weight excluding hydrogens is 469 g/mol. The minimum atomic E-state index is -1.32.